The molecule has 0 fully saturated rings. The number of non-ortho nitro benzene ring substituents is 1. The van der Waals surface area contributed by atoms with Crippen LogP contribution in [0.3, 0.4) is 0 Å². The molecule has 0 aliphatic rings. The first-order valence-corrected chi connectivity index (χ1v) is 6.85. The summed E-state index contributed by atoms with van der Waals surface area (Å²) in [6.07, 6.45) is 3.61. The number of nitro groups is 1. The molecule has 5 nitrogen and oxygen atoms in total. The number of halogens is 2. The second-order valence-corrected chi connectivity index (χ2v) is 5.11. The summed E-state index contributed by atoms with van der Waals surface area (Å²) in [7, 11) is 0. The molecule has 1 heterocycles. The maximum Gasteiger partial charge on any atom is 0.269 e. The Morgan fingerprint density at radius 3 is 2.82 bits per heavy atom. The highest BCUT2D eigenvalue weighted by Gasteiger charge is 2.11. The molecule has 17 heavy (non-hydrogen) atoms. The van der Waals surface area contributed by atoms with Crippen molar-refractivity contribution in [1.29, 1.82) is 0 Å². The zero-order valence-electron chi connectivity index (χ0n) is 8.51. The van der Waals surface area contributed by atoms with E-state index in [1.165, 1.54) is 6.07 Å². The van der Waals surface area contributed by atoms with Crippen molar-refractivity contribution in [3.63, 3.8) is 0 Å². The lowest BCUT2D eigenvalue weighted by molar-refractivity contribution is -0.384. The van der Waals surface area contributed by atoms with E-state index in [2.05, 4.69) is 43.6 Å². The lowest BCUT2D eigenvalue weighted by atomic mass is 10.2. The van der Waals surface area contributed by atoms with Crippen molar-refractivity contribution in [3.8, 4) is 5.69 Å². The Morgan fingerprint density at radius 1 is 1.53 bits per heavy atom. The Balaban J connectivity index is 2.51. The molecule has 0 atom stereocenters. The van der Waals surface area contributed by atoms with Gasteiger partial charge in [-0.25, -0.2) is 4.68 Å². The third-order valence-electron chi connectivity index (χ3n) is 2.22. The molecular weight excluding hydrogens is 401 g/mol. The molecule has 0 N–H and O–H groups in total. The molecule has 0 radical (unpaired) electrons. The van der Waals surface area contributed by atoms with Gasteiger partial charge < -0.3 is 0 Å². The second-order valence-electron chi connectivity index (χ2n) is 3.31. The van der Waals surface area contributed by atoms with Crippen LogP contribution in [0.2, 0.25) is 0 Å². The van der Waals surface area contributed by atoms with Crippen molar-refractivity contribution < 1.29 is 4.92 Å². The molecule has 0 amide bonds. The number of rotatable bonds is 3. The average Bonchev–Trinajstić information content (AvgIpc) is 2.74. The lowest BCUT2D eigenvalue weighted by Gasteiger charge is -2.06. The van der Waals surface area contributed by atoms with Crippen molar-refractivity contribution in [1.82, 2.24) is 9.78 Å². The van der Waals surface area contributed by atoms with Gasteiger partial charge in [-0.1, -0.05) is 15.9 Å². The molecule has 88 valence electrons. The maximum absolute atomic E-state index is 10.7. The number of alkyl halides is 1. The van der Waals surface area contributed by atoms with Crippen molar-refractivity contribution in [3.05, 3.63) is 49.8 Å². The molecule has 7 heteroatoms. The number of hydrogen-bond donors (Lipinski definition) is 0. The topological polar surface area (TPSA) is 61.0 Å². The Labute approximate surface area is 119 Å². The Hall–Kier alpha value is -0.960. The fraction of sp³-hybridized carbons (Fsp3) is 0.100. The van der Waals surface area contributed by atoms with Crippen molar-refractivity contribution in [2.75, 3.05) is 0 Å². The van der Waals surface area contributed by atoms with E-state index in [9.17, 15) is 10.1 Å². The van der Waals surface area contributed by atoms with E-state index in [0.717, 1.165) is 14.8 Å². The van der Waals surface area contributed by atoms with E-state index in [0.29, 0.717) is 5.33 Å². The lowest BCUT2D eigenvalue weighted by Crippen LogP contribution is -2.00. The van der Waals surface area contributed by atoms with Crippen LogP contribution in [0.4, 0.5) is 5.69 Å². The largest absolute Gasteiger partial charge is 0.269 e. The van der Waals surface area contributed by atoms with Gasteiger partial charge in [-0.05, 0) is 34.2 Å². The standard InChI is InChI=1S/C10H7BrIN3O2/c11-4-7-3-9(15(16)17)1-2-10(7)14-6-8(12)5-13-14/h1-3,5-6H,4H2. The molecule has 2 rings (SSSR count). The van der Waals surface area contributed by atoms with Crippen molar-refractivity contribution in [2.24, 2.45) is 0 Å². The van der Waals surface area contributed by atoms with E-state index in [-0.39, 0.29) is 5.69 Å². The van der Waals surface area contributed by atoms with Crippen LogP contribution in [-0.4, -0.2) is 14.7 Å². The molecule has 1 aromatic heterocycles. The smallest absolute Gasteiger partial charge is 0.258 e. The molecule has 0 saturated heterocycles. The van der Waals surface area contributed by atoms with Crippen LogP contribution in [0.5, 0.6) is 0 Å². The maximum atomic E-state index is 10.7. The highest BCUT2D eigenvalue weighted by molar-refractivity contribution is 14.1. The molecule has 0 saturated carbocycles. The van der Waals surface area contributed by atoms with Crippen LogP contribution in [0.15, 0.2) is 30.6 Å². The zero-order chi connectivity index (χ0) is 12.4. The van der Waals surface area contributed by atoms with Crippen LogP contribution in [0.1, 0.15) is 5.56 Å². The predicted molar refractivity (Wildman–Crippen MR) is 75.6 cm³/mol. The SMILES string of the molecule is O=[N+]([O-])c1ccc(-n2cc(I)cn2)c(CBr)c1. The van der Waals surface area contributed by atoms with E-state index in [1.54, 1.807) is 23.0 Å². The van der Waals surface area contributed by atoms with Gasteiger partial charge in [-0.15, -0.1) is 0 Å². The third-order valence-corrected chi connectivity index (χ3v) is 3.38. The fourth-order valence-electron chi connectivity index (χ4n) is 1.45. The minimum absolute atomic E-state index is 0.0880. The number of aromatic nitrogens is 2. The highest BCUT2D eigenvalue weighted by Crippen LogP contribution is 2.23. The first-order valence-electron chi connectivity index (χ1n) is 4.65. The van der Waals surface area contributed by atoms with Crippen molar-refractivity contribution in [2.45, 2.75) is 5.33 Å². The molecule has 2 aromatic rings. The zero-order valence-corrected chi connectivity index (χ0v) is 12.3. The van der Waals surface area contributed by atoms with Gasteiger partial charge in [0.2, 0.25) is 0 Å². The number of benzene rings is 1. The molecular formula is C10H7BrIN3O2. The highest BCUT2D eigenvalue weighted by atomic mass is 127. The van der Waals surface area contributed by atoms with Crippen LogP contribution in [0.25, 0.3) is 5.69 Å². The monoisotopic (exact) mass is 407 g/mol. The summed E-state index contributed by atoms with van der Waals surface area (Å²) in [5.41, 5.74) is 1.76. The van der Waals surface area contributed by atoms with Crippen LogP contribution < -0.4 is 0 Å². The van der Waals surface area contributed by atoms with Gasteiger partial charge in [0.15, 0.2) is 0 Å². The van der Waals surface area contributed by atoms with Crippen LogP contribution >= 0.6 is 38.5 Å². The van der Waals surface area contributed by atoms with Gasteiger partial charge in [0.1, 0.15) is 0 Å². The normalized spacial score (nSPS) is 10.5. The number of hydrogen-bond acceptors (Lipinski definition) is 3. The summed E-state index contributed by atoms with van der Waals surface area (Å²) in [5.74, 6) is 0. The van der Waals surface area contributed by atoms with Gasteiger partial charge in [0.05, 0.1) is 20.4 Å². The van der Waals surface area contributed by atoms with Gasteiger partial charge in [0.25, 0.3) is 5.69 Å². The summed E-state index contributed by atoms with van der Waals surface area (Å²) in [4.78, 5) is 10.3. The van der Waals surface area contributed by atoms with Gasteiger partial charge in [-0.2, -0.15) is 5.10 Å². The fourth-order valence-corrected chi connectivity index (χ4v) is 2.29. The minimum atomic E-state index is -0.400. The van der Waals surface area contributed by atoms with Gasteiger partial charge >= 0.3 is 0 Å². The first-order chi connectivity index (χ1) is 8.11. The summed E-state index contributed by atoms with van der Waals surface area (Å²) >= 11 is 5.50. The number of nitrogens with zero attached hydrogens (tertiary/aromatic N) is 3. The summed E-state index contributed by atoms with van der Waals surface area (Å²) in [6.45, 7) is 0. The molecule has 0 aliphatic heterocycles. The molecule has 0 unspecified atom stereocenters. The summed E-state index contributed by atoms with van der Waals surface area (Å²) in [5, 5.41) is 15.4. The Bertz CT molecular complexity index is 570. The third kappa shape index (κ3) is 2.65. The van der Waals surface area contributed by atoms with Crippen LogP contribution in [-0.2, 0) is 5.33 Å². The van der Waals surface area contributed by atoms with E-state index in [4.69, 9.17) is 0 Å². The Kier molecular flexibility index (Phi) is 3.77. The molecule has 0 spiro atoms. The van der Waals surface area contributed by atoms with Crippen LogP contribution in [0, 0.1) is 13.7 Å². The summed E-state index contributed by atoms with van der Waals surface area (Å²) < 4.78 is 2.73. The van der Waals surface area contributed by atoms with Crippen molar-refractivity contribution >= 4 is 44.2 Å². The van der Waals surface area contributed by atoms with Gasteiger partial charge in [-0.3, -0.25) is 10.1 Å². The number of nitro benzene ring substituents is 1. The minimum Gasteiger partial charge on any atom is -0.258 e. The molecule has 0 aliphatic carbocycles. The first kappa shape index (κ1) is 12.5. The van der Waals surface area contributed by atoms with E-state index < -0.39 is 4.92 Å². The quantitative estimate of drug-likeness (QED) is 0.339. The molecule has 1 aromatic carbocycles. The van der Waals surface area contributed by atoms with Gasteiger partial charge in [0, 0.05) is 23.7 Å². The van der Waals surface area contributed by atoms with E-state index in [1.807, 2.05) is 6.20 Å². The van der Waals surface area contributed by atoms with E-state index >= 15 is 0 Å². The second kappa shape index (κ2) is 5.13. The average molecular weight is 408 g/mol. The predicted octanol–water partition coefficient (Wildman–Crippen LogP) is 3.28. The molecule has 0 bridgehead atoms. The summed E-state index contributed by atoms with van der Waals surface area (Å²) in [6, 6.07) is 4.74. The Morgan fingerprint density at radius 2 is 2.29 bits per heavy atom.